The fourth-order valence-corrected chi connectivity index (χ4v) is 2.89. The zero-order chi connectivity index (χ0) is 16.7. The van der Waals surface area contributed by atoms with Crippen LogP contribution in [0.2, 0.25) is 0 Å². The van der Waals surface area contributed by atoms with Crippen LogP contribution in [0.4, 0.5) is 8.78 Å². The molecule has 120 valence electrons. The Morgan fingerprint density at radius 3 is 2.71 bits per heavy atom. The van der Waals surface area contributed by atoms with Crippen molar-refractivity contribution in [2.45, 2.75) is 6.42 Å². The molecule has 0 bridgehead atoms. The Morgan fingerprint density at radius 2 is 1.92 bits per heavy atom. The van der Waals surface area contributed by atoms with Gasteiger partial charge in [0.1, 0.15) is 11.6 Å². The minimum absolute atomic E-state index is 0.0994. The lowest BCUT2D eigenvalue weighted by Gasteiger charge is -2.11. The number of amides is 1. The Bertz CT molecular complexity index is 949. The number of benzene rings is 1. The highest BCUT2D eigenvalue weighted by Gasteiger charge is 2.20. The minimum atomic E-state index is -0.662. The van der Waals surface area contributed by atoms with Crippen LogP contribution in [0.3, 0.4) is 0 Å². The molecule has 0 atom stereocenters. The highest BCUT2D eigenvalue weighted by atomic mass is 19.1. The summed E-state index contributed by atoms with van der Waals surface area (Å²) in [6, 6.07) is 8.67. The second kappa shape index (κ2) is 5.56. The summed E-state index contributed by atoms with van der Waals surface area (Å²) in [5.74, 6) is -1.39. The van der Waals surface area contributed by atoms with Gasteiger partial charge in [0, 0.05) is 47.7 Å². The van der Waals surface area contributed by atoms with Crippen LogP contribution in [0.5, 0.6) is 0 Å². The van der Waals surface area contributed by atoms with E-state index in [0.29, 0.717) is 17.8 Å². The van der Waals surface area contributed by atoms with Crippen molar-refractivity contribution < 1.29 is 13.6 Å². The van der Waals surface area contributed by atoms with E-state index in [4.69, 9.17) is 0 Å². The summed E-state index contributed by atoms with van der Waals surface area (Å²) < 4.78 is 27.0. The van der Waals surface area contributed by atoms with Gasteiger partial charge in [0.2, 0.25) is 0 Å². The Kier molecular flexibility index (Phi) is 3.37. The van der Waals surface area contributed by atoms with Crippen molar-refractivity contribution in [1.29, 1.82) is 0 Å². The smallest absolute Gasteiger partial charge is 0.253 e. The molecule has 3 heterocycles. The van der Waals surface area contributed by atoms with Gasteiger partial charge in [-0.05, 0) is 30.3 Å². The number of aromatic amines is 1. The van der Waals surface area contributed by atoms with Gasteiger partial charge in [-0.1, -0.05) is 0 Å². The number of hydrogen-bond acceptors (Lipinski definition) is 2. The van der Waals surface area contributed by atoms with Gasteiger partial charge in [-0.15, -0.1) is 0 Å². The van der Waals surface area contributed by atoms with E-state index in [1.54, 1.807) is 24.4 Å². The number of rotatable bonds is 2. The molecule has 6 heteroatoms. The molecule has 0 spiro atoms. The normalized spacial score (nSPS) is 13.5. The number of H-pyrrole nitrogens is 1. The number of halogens is 2. The van der Waals surface area contributed by atoms with E-state index in [0.717, 1.165) is 29.4 Å². The maximum absolute atomic E-state index is 14.0. The van der Waals surface area contributed by atoms with Crippen molar-refractivity contribution in [1.82, 2.24) is 15.3 Å². The number of carbonyl (C=O) groups is 1. The molecule has 0 unspecified atom stereocenters. The second-order valence-corrected chi connectivity index (χ2v) is 5.64. The van der Waals surface area contributed by atoms with Gasteiger partial charge >= 0.3 is 0 Å². The van der Waals surface area contributed by atoms with E-state index >= 15 is 0 Å². The fraction of sp³-hybridized carbons (Fsp3) is 0.111. The number of nitrogens with one attached hydrogen (secondary N) is 2. The van der Waals surface area contributed by atoms with Crippen LogP contribution in [-0.4, -0.2) is 22.4 Å². The van der Waals surface area contributed by atoms with Crippen LogP contribution in [0.1, 0.15) is 16.1 Å². The molecule has 1 amide bonds. The van der Waals surface area contributed by atoms with E-state index in [2.05, 4.69) is 15.3 Å². The fourth-order valence-electron chi connectivity index (χ4n) is 2.89. The average Bonchev–Trinajstić information content (AvgIpc) is 3.01. The molecule has 2 N–H and O–H groups in total. The Hall–Kier alpha value is -3.02. The third kappa shape index (κ3) is 2.46. The van der Waals surface area contributed by atoms with Gasteiger partial charge in [-0.2, -0.15) is 0 Å². The SMILES string of the molecule is O=C1NCCc2[nH]c(-c3ccnc(-c4ccc(F)cc4F)c3)cc21. The van der Waals surface area contributed by atoms with E-state index < -0.39 is 11.6 Å². The van der Waals surface area contributed by atoms with Crippen molar-refractivity contribution in [3.63, 3.8) is 0 Å². The molecule has 24 heavy (non-hydrogen) atoms. The third-order valence-electron chi connectivity index (χ3n) is 4.08. The molecule has 1 aromatic carbocycles. The molecule has 1 aliphatic heterocycles. The predicted molar refractivity (Wildman–Crippen MR) is 85.4 cm³/mol. The summed E-state index contributed by atoms with van der Waals surface area (Å²) in [5, 5.41) is 2.80. The Labute approximate surface area is 136 Å². The van der Waals surface area contributed by atoms with Gasteiger partial charge in [0.15, 0.2) is 0 Å². The Balaban J connectivity index is 1.77. The van der Waals surface area contributed by atoms with Crippen molar-refractivity contribution in [3.05, 3.63) is 65.5 Å². The van der Waals surface area contributed by atoms with Gasteiger partial charge in [-0.3, -0.25) is 9.78 Å². The summed E-state index contributed by atoms with van der Waals surface area (Å²) in [5.41, 5.74) is 3.70. The zero-order valence-corrected chi connectivity index (χ0v) is 12.6. The summed E-state index contributed by atoms with van der Waals surface area (Å²) in [4.78, 5) is 19.3. The van der Waals surface area contributed by atoms with Gasteiger partial charge in [-0.25, -0.2) is 8.78 Å². The van der Waals surface area contributed by atoms with Crippen LogP contribution < -0.4 is 5.32 Å². The molecule has 4 rings (SSSR count). The zero-order valence-electron chi connectivity index (χ0n) is 12.6. The lowest BCUT2D eigenvalue weighted by Crippen LogP contribution is -2.31. The molecular formula is C18H13F2N3O. The van der Waals surface area contributed by atoms with Crippen LogP contribution >= 0.6 is 0 Å². The first-order chi connectivity index (χ1) is 11.6. The number of fused-ring (bicyclic) bond motifs is 1. The van der Waals surface area contributed by atoms with Gasteiger partial charge in [0.05, 0.1) is 11.3 Å². The topological polar surface area (TPSA) is 57.8 Å². The monoisotopic (exact) mass is 325 g/mol. The van der Waals surface area contributed by atoms with Crippen molar-refractivity contribution in [2.75, 3.05) is 6.54 Å². The molecular weight excluding hydrogens is 312 g/mol. The van der Waals surface area contributed by atoms with Crippen molar-refractivity contribution in [2.24, 2.45) is 0 Å². The molecule has 0 radical (unpaired) electrons. The summed E-state index contributed by atoms with van der Waals surface area (Å²) in [6.07, 6.45) is 2.30. The molecule has 0 aliphatic carbocycles. The molecule has 0 saturated heterocycles. The number of nitrogens with zero attached hydrogens (tertiary/aromatic N) is 1. The molecule has 4 nitrogen and oxygen atoms in total. The highest BCUT2D eigenvalue weighted by molar-refractivity contribution is 5.97. The van der Waals surface area contributed by atoms with Crippen molar-refractivity contribution in [3.8, 4) is 22.5 Å². The number of aromatic nitrogens is 2. The van der Waals surface area contributed by atoms with Crippen molar-refractivity contribution >= 4 is 5.91 Å². The second-order valence-electron chi connectivity index (χ2n) is 5.64. The summed E-state index contributed by atoms with van der Waals surface area (Å²) in [6.45, 7) is 0.605. The molecule has 2 aromatic heterocycles. The number of carbonyl (C=O) groups excluding carboxylic acids is 1. The third-order valence-corrected chi connectivity index (χ3v) is 4.08. The summed E-state index contributed by atoms with van der Waals surface area (Å²) >= 11 is 0. The molecule has 0 fully saturated rings. The minimum Gasteiger partial charge on any atom is -0.358 e. The first-order valence-corrected chi connectivity index (χ1v) is 7.54. The van der Waals surface area contributed by atoms with Crippen LogP contribution in [0.15, 0.2) is 42.6 Å². The standard InChI is InChI=1S/C18H13F2N3O/c19-11-1-2-12(14(20)8-11)17-7-10(3-5-21-17)16-9-13-15(23-16)4-6-22-18(13)24/h1-3,5,7-9,23H,4,6H2,(H,22,24). The molecule has 0 saturated carbocycles. The van der Waals surface area contributed by atoms with E-state index in [9.17, 15) is 13.6 Å². The number of pyridine rings is 1. The average molecular weight is 325 g/mol. The van der Waals surface area contributed by atoms with Crippen LogP contribution in [0.25, 0.3) is 22.5 Å². The predicted octanol–water partition coefficient (Wildman–Crippen LogP) is 3.31. The number of hydrogen-bond donors (Lipinski definition) is 2. The first-order valence-electron chi connectivity index (χ1n) is 7.54. The lowest BCUT2D eigenvalue weighted by atomic mass is 10.1. The van der Waals surface area contributed by atoms with E-state index in [1.807, 2.05) is 0 Å². The highest BCUT2D eigenvalue weighted by Crippen LogP contribution is 2.28. The Morgan fingerprint density at radius 1 is 1.04 bits per heavy atom. The van der Waals surface area contributed by atoms with Crippen LogP contribution in [0, 0.1) is 11.6 Å². The van der Waals surface area contributed by atoms with Gasteiger partial charge in [0.25, 0.3) is 5.91 Å². The van der Waals surface area contributed by atoms with E-state index in [1.165, 1.54) is 12.1 Å². The lowest BCUT2D eigenvalue weighted by molar-refractivity contribution is 0.0946. The van der Waals surface area contributed by atoms with Gasteiger partial charge < -0.3 is 10.3 Å². The molecule has 3 aromatic rings. The summed E-state index contributed by atoms with van der Waals surface area (Å²) in [7, 11) is 0. The first kappa shape index (κ1) is 14.6. The largest absolute Gasteiger partial charge is 0.358 e. The molecule has 1 aliphatic rings. The maximum atomic E-state index is 14.0. The van der Waals surface area contributed by atoms with E-state index in [-0.39, 0.29) is 11.5 Å². The quantitative estimate of drug-likeness (QED) is 0.759. The maximum Gasteiger partial charge on any atom is 0.253 e. The van der Waals surface area contributed by atoms with Crippen LogP contribution in [-0.2, 0) is 6.42 Å².